The van der Waals surface area contributed by atoms with Gasteiger partial charge in [-0.05, 0) is 46.5 Å². The lowest BCUT2D eigenvalue weighted by molar-refractivity contribution is 0.405. The Labute approximate surface area is 149 Å². The number of benzene rings is 2. The highest BCUT2D eigenvalue weighted by molar-refractivity contribution is 9.10. The SMILES string of the molecule is Cc1ccc(C(c2noc(-c3cccc(Br)c3O)n2)C(C)C)cc1. The molecule has 1 atom stereocenters. The number of para-hydroxylation sites is 1. The number of phenolic OH excluding ortho intramolecular Hbond substituents is 1. The Morgan fingerprint density at radius 3 is 2.46 bits per heavy atom. The smallest absolute Gasteiger partial charge is 0.261 e. The van der Waals surface area contributed by atoms with E-state index in [1.807, 2.05) is 6.07 Å². The lowest BCUT2D eigenvalue weighted by Crippen LogP contribution is -2.10. The second-order valence-electron chi connectivity index (χ2n) is 6.23. The van der Waals surface area contributed by atoms with Gasteiger partial charge < -0.3 is 9.63 Å². The van der Waals surface area contributed by atoms with Crippen molar-refractivity contribution in [2.75, 3.05) is 0 Å². The number of aromatic hydroxyl groups is 1. The minimum atomic E-state index is 0.0393. The van der Waals surface area contributed by atoms with Crippen LogP contribution in [0.3, 0.4) is 0 Å². The fourth-order valence-electron chi connectivity index (χ4n) is 2.76. The Balaban J connectivity index is 2.01. The summed E-state index contributed by atoms with van der Waals surface area (Å²) in [4.78, 5) is 4.54. The fourth-order valence-corrected chi connectivity index (χ4v) is 3.13. The summed E-state index contributed by atoms with van der Waals surface area (Å²) >= 11 is 3.31. The standard InChI is InChI=1S/C19H19BrN2O2/c1-11(2)16(13-9-7-12(3)8-10-13)18-21-19(24-22-18)14-5-4-6-15(20)17(14)23/h4-11,16,23H,1-3H3. The Kier molecular flexibility index (Phi) is 4.71. The van der Waals surface area contributed by atoms with Crippen LogP contribution < -0.4 is 0 Å². The number of hydrogen-bond acceptors (Lipinski definition) is 4. The molecular weight excluding hydrogens is 368 g/mol. The van der Waals surface area contributed by atoms with Gasteiger partial charge in [-0.15, -0.1) is 0 Å². The molecule has 0 saturated heterocycles. The highest BCUT2D eigenvalue weighted by Crippen LogP contribution is 2.36. The lowest BCUT2D eigenvalue weighted by atomic mass is 9.87. The van der Waals surface area contributed by atoms with Crippen LogP contribution >= 0.6 is 15.9 Å². The summed E-state index contributed by atoms with van der Waals surface area (Å²) in [6.07, 6.45) is 0. The van der Waals surface area contributed by atoms with Crippen molar-refractivity contribution in [2.24, 2.45) is 5.92 Å². The first-order valence-corrected chi connectivity index (χ1v) is 8.64. The molecule has 0 amide bonds. The molecule has 124 valence electrons. The number of halogens is 1. The quantitative estimate of drug-likeness (QED) is 0.660. The molecule has 1 unspecified atom stereocenters. The van der Waals surface area contributed by atoms with Crippen molar-refractivity contribution in [1.82, 2.24) is 10.1 Å². The molecule has 4 nitrogen and oxygen atoms in total. The molecule has 2 aromatic carbocycles. The van der Waals surface area contributed by atoms with Gasteiger partial charge in [0.15, 0.2) is 5.82 Å². The molecule has 1 N–H and O–H groups in total. The van der Waals surface area contributed by atoms with Gasteiger partial charge in [0.2, 0.25) is 0 Å². The summed E-state index contributed by atoms with van der Waals surface area (Å²) in [5, 5.41) is 14.4. The van der Waals surface area contributed by atoms with Gasteiger partial charge in [-0.1, -0.05) is 54.9 Å². The van der Waals surface area contributed by atoms with Crippen LogP contribution in [0.25, 0.3) is 11.5 Å². The maximum absolute atomic E-state index is 10.2. The average Bonchev–Trinajstić information content (AvgIpc) is 3.01. The molecule has 24 heavy (non-hydrogen) atoms. The highest BCUT2D eigenvalue weighted by atomic mass is 79.9. The highest BCUT2D eigenvalue weighted by Gasteiger charge is 2.25. The van der Waals surface area contributed by atoms with Crippen molar-refractivity contribution >= 4 is 15.9 Å². The summed E-state index contributed by atoms with van der Waals surface area (Å²) in [5.41, 5.74) is 2.89. The Bertz CT molecular complexity index is 841. The van der Waals surface area contributed by atoms with Crippen LogP contribution in [0.5, 0.6) is 5.75 Å². The maximum Gasteiger partial charge on any atom is 0.261 e. The number of phenols is 1. The molecule has 0 aliphatic heterocycles. The van der Waals surface area contributed by atoms with Gasteiger partial charge >= 0.3 is 0 Å². The van der Waals surface area contributed by atoms with Crippen LogP contribution in [0.2, 0.25) is 0 Å². The van der Waals surface area contributed by atoms with Crippen molar-refractivity contribution in [3.8, 4) is 17.2 Å². The van der Waals surface area contributed by atoms with E-state index in [2.05, 4.69) is 71.1 Å². The summed E-state index contributed by atoms with van der Waals surface area (Å²) in [7, 11) is 0. The third-order valence-electron chi connectivity index (χ3n) is 4.04. The van der Waals surface area contributed by atoms with Crippen LogP contribution in [0, 0.1) is 12.8 Å². The van der Waals surface area contributed by atoms with Gasteiger partial charge in [-0.2, -0.15) is 4.98 Å². The molecule has 0 fully saturated rings. The second-order valence-corrected chi connectivity index (χ2v) is 7.08. The van der Waals surface area contributed by atoms with E-state index in [9.17, 15) is 5.11 Å². The summed E-state index contributed by atoms with van der Waals surface area (Å²) in [6.45, 7) is 6.34. The van der Waals surface area contributed by atoms with E-state index in [0.717, 1.165) is 5.56 Å². The zero-order chi connectivity index (χ0) is 17.3. The molecule has 5 heteroatoms. The minimum Gasteiger partial charge on any atom is -0.506 e. The molecule has 0 saturated carbocycles. The summed E-state index contributed by atoms with van der Waals surface area (Å²) < 4.78 is 6.02. The topological polar surface area (TPSA) is 59.2 Å². The van der Waals surface area contributed by atoms with Crippen LogP contribution in [0.1, 0.15) is 36.7 Å². The van der Waals surface area contributed by atoms with Gasteiger partial charge in [0.25, 0.3) is 5.89 Å². The molecule has 3 rings (SSSR count). The number of hydrogen-bond donors (Lipinski definition) is 1. The van der Waals surface area contributed by atoms with E-state index < -0.39 is 0 Å². The zero-order valence-corrected chi connectivity index (χ0v) is 15.4. The van der Waals surface area contributed by atoms with Crippen molar-refractivity contribution in [3.63, 3.8) is 0 Å². The van der Waals surface area contributed by atoms with Gasteiger partial charge in [0.1, 0.15) is 5.75 Å². The number of aryl methyl sites for hydroxylation is 1. The molecule has 0 bridgehead atoms. The average molecular weight is 387 g/mol. The number of aromatic nitrogens is 2. The number of nitrogens with zero attached hydrogens (tertiary/aromatic N) is 2. The van der Waals surface area contributed by atoms with Gasteiger partial charge in [0, 0.05) is 5.92 Å². The molecule has 0 aliphatic rings. The molecule has 3 aromatic rings. The van der Waals surface area contributed by atoms with Crippen LogP contribution in [-0.2, 0) is 0 Å². The Hall–Kier alpha value is -2.14. The van der Waals surface area contributed by atoms with E-state index in [-0.39, 0.29) is 11.7 Å². The molecule has 0 radical (unpaired) electrons. The van der Waals surface area contributed by atoms with Crippen LogP contribution in [0.4, 0.5) is 0 Å². The first kappa shape index (κ1) is 16.7. The molecule has 1 heterocycles. The van der Waals surface area contributed by atoms with Crippen molar-refractivity contribution in [3.05, 3.63) is 63.9 Å². The van der Waals surface area contributed by atoms with Gasteiger partial charge in [0.05, 0.1) is 10.0 Å². The molecule has 1 aromatic heterocycles. The van der Waals surface area contributed by atoms with Crippen molar-refractivity contribution < 1.29 is 9.63 Å². The monoisotopic (exact) mass is 386 g/mol. The third-order valence-corrected chi connectivity index (χ3v) is 4.68. The van der Waals surface area contributed by atoms with Crippen LogP contribution in [0.15, 0.2) is 51.5 Å². The van der Waals surface area contributed by atoms with Crippen molar-refractivity contribution in [1.29, 1.82) is 0 Å². The van der Waals surface area contributed by atoms with Crippen molar-refractivity contribution in [2.45, 2.75) is 26.7 Å². The predicted molar refractivity (Wildman–Crippen MR) is 97.0 cm³/mol. The Morgan fingerprint density at radius 2 is 1.79 bits per heavy atom. The molecule has 0 spiro atoms. The van der Waals surface area contributed by atoms with Gasteiger partial charge in [-0.25, -0.2) is 0 Å². The van der Waals surface area contributed by atoms with E-state index in [0.29, 0.717) is 27.7 Å². The second kappa shape index (κ2) is 6.77. The van der Waals surface area contributed by atoms with E-state index >= 15 is 0 Å². The minimum absolute atomic E-state index is 0.0393. The number of rotatable bonds is 4. The van der Waals surface area contributed by atoms with Crippen LogP contribution in [-0.4, -0.2) is 15.2 Å². The van der Waals surface area contributed by atoms with E-state index in [4.69, 9.17) is 4.52 Å². The van der Waals surface area contributed by atoms with E-state index in [1.54, 1.807) is 12.1 Å². The van der Waals surface area contributed by atoms with Gasteiger partial charge in [-0.3, -0.25) is 0 Å². The first-order valence-electron chi connectivity index (χ1n) is 7.85. The summed E-state index contributed by atoms with van der Waals surface area (Å²) in [6, 6.07) is 13.7. The fraction of sp³-hybridized carbons (Fsp3) is 0.263. The largest absolute Gasteiger partial charge is 0.506 e. The summed E-state index contributed by atoms with van der Waals surface area (Å²) in [5.74, 6) is 1.40. The zero-order valence-electron chi connectivity index (χ0n) is 13.8. The lowest BCUT2D eigenvalue weighted by Gasteiger charge is -2.17. The Morgan fingerprint density at radius 1 is 1.08 bits per heavy atom. The predicted octanol–water partition coefficient (Wildman–Crippen LogP) is 5.30. The normalized spacial score (nSPS) is 12.5. The molecule has 0 aliphatic carbocycles. The maximum atomic E-state index is 10.2. The van der Waals surface area contributed by atoms with E-state index in [1.165, 1.54) is 5.56 Å². The molecular formula is C19H19BrN2O2. The third kappa shape index (κ3) is 3.22. The first-order chi connectivity index (χ1) is 11.5.